The summed E-state index contributed by atoms with van der Waals surface area (Å²) in [6, 6.07) is 13.9. The Bertz CT molecular complexity index is 1800. The van der Waals surface area contributed by atoms with Crippen molar-refractivity contribution in [1.29, 1.82) is 0 Å². The average Bonchev–Trinajstić information content (AvgIpc) is 3.08. The number of carbonyl (C=O) groups excluding carboxylic acids is 1. The molecule has 6 rings (SSSR count). The molecular formula is C41H50F2N4O6. The Morgan fingerprint density at radius 2 is 1.30 bits per heavy atom. The van der Waals surface area contributed by atoms with Crippen molar-refractivity contribution >= 4 is 6.09 Å². The highest BCUT2D eigenvalue weighted by molar-refractivity contribution is 5.69. The molecular weight excluding hydrogens is 682 g/mol. The minimum atomic E-state index is -0.530. The fraction of sp³-hybridized carbons (Fsp3) is 0.439. The summed E-state index contributed by atoms with van der Waals surface area (Å²) in [4.78, 5) is 22.3. The molecule has 53 heavy (non-hydrogen) atoms. The van der Waals surface area contributed by atoms with Crippen LogP contribution in [0.2, 0.25) is 0 Å². The van der Waals surface area contributed by atoms with Crippen molar-refractivity contribution < 1.29 is 38.0 Å². The van der Waals surface area contributed by atoms with E-state index < -0.39 is 5.60 Å². The van der Waals surface area contributed by atoms with Crippen LogP contribution < -0.4 is 14.8 Å². The maximum atomic E-state index is 14.0. The number of benzene rings is 2. The number of aromatic nitrogens is 2. The van der Waals surface area contributed by atoms with Gasteiger partial charge >= 0.3 is 6.09 Å². The third-order valence-corrected chi connectivity index (χ3v) is 8.85. The van der Waals surface area contributed by atoms with Crippen LogP contribution >= 0.6 is 0 Å². The van der Waals surface area contributed by atoms with Crippen molar-refractivity contribution in [2.75, 3.05) is 39.5 Å². The van der Waals surface area contributed by atoms with Gasteiger partial charge < -0.3 is 34.6 Å². The standard InChI is InChI=1S/C23H29FN2O4.C18H21FN2O2/c1-23(2,3)30-22(28)26-7-6-20(26)15-29-21-12-18(13-25-14-21)17-9-16(5-4-8-27)10-19(24)11-17;19-16-7-13(2-1-5-22)6-14(8-16)15-9-18(11-20-10-15)23-12-17-3-4-21-17/h9-14,20,27H,4-8,15H2,1-3H3;6-11,17,21-22H,1-5,12H2/t20-;17-/m00/s1. The van der Waals surface area contributed by atoms with Gasteiger partial charge in [-0.15, -0.1) is 0 Å². The van der Waals surface area contributed by atoms with E-state index in [2.05, 4.69) is 15.3 Å². The van der Waals surface area contributed by atoms with E-state index in [1.165, 1.54) is 24.3 Å². The highest BCUT2D eigenvalue weighted by Crippen LogP contribution is 2.28. The maximum absolute atomic E-state index is 14.0. The predicted octanol–water partition coefficient (Wildman–Crippen LogP) is 6.75. The number of ether oxygens (including phenoxy) is 3. The Kier molecular flexibility index (Phi) is 14.1. The van der Waals surface area contributed by atoms with E-state index in [1.807, 2.05) is 45.0 Å². The number of amides is 1. The first kappa shape index (κ1) is 39.6. The van der Waals surface area contributed by atoms with E-state index in [1.54, 1.807) is 29.7 Å². The van der Waals surface area contributed by atoms with Crippen LogP contribution in [0, 0.1) is 11.6 Å². The number of hydrogen-bond donors (Lipinski definition) is 3. The maximum Gasteiger partial charge on any atom is 0.410 e. The van der Waals surface area contributed by atoms with E-state index in [0.29, 0.717) is 68.5 Å². The van der Waals surface area contributed by atoms with Gasteiger partial charge in [0.2, 0.25) is 0 Å². The van der Waals surface area contributed by atoms with E-state index in [-0.39, 0.29) is 37.0 Å². The molecule has 4 aromatic rings. The van der Waals surface area contributed by atoms with Crippen molar-refractivity contribution in [3.05, 3.63) is 96.1 Å². The second kappa shape index (κ2) is 18.9. The number of halogens is 2. The number of rotatable bonds is 14. The van der Waals surface area contributed by atoms with Crippen molar-refractivity contribution in [1.82, 2.24) is 20.2 Å². The Labute approximate surface area is 310 Å². The van der Waals surface area contributed by atoms with Crippen LogP contribution in [-0.2, 0) is 17.6 Å². The smallest absolute Gasteiger partial charge is 0.410 e. The number of hydrogen-bond acceptors (Lipinski definition) is 9. The SMILES string of the molecule is CC(C)(C)OC(=O)N1CC[C@H]1COc1cncc(-c2cc(F)cc(CCCO)c2)c1.OCCCc1cc(F)cc(-c2cncc(OC[C@@H]3CCN3)c2)c1. The Balaban J connectivity index is 0.000000211. The lowest BCUT2D eigenvalue weighted by atomic mass is 10.0. The Morgan fingerprint density at radius 1 is 0.774 bits per heavy atom. The van der Waals surface area contributed by atoms with Crippen molar-refractivity contribution in [2.24, 2.45) is 0 Å². The molecule has 2 saturated heterocycles. The number of pyridine rings is 2. The molecule has 0 radical (unpaired) electrons. The minimum Gasteiger partial charge on any atom is -0.490 e. The number of aryl methyl sites for hydroxylation is 2. The molecule has 0 bridgehead atoms. The van der Waals surface area contributed by atoms with Crippen LogP contribution in [0.3, 0.4) is 0 Å². The van der Waals surface area contributed by atoms with Crippen molar-refractivity contribution in [3.63, 3.8) is 0 Å². The lowest BCUT2D eigenvalue weighted by molar-refractivity contribution is -0.0141. The molecule has 2 atom stereocenters. The second-order valence-electron chi connectivity index (χ2n) is 14.3. The van der Waals surface area contributed by atoms with Crippen LogP contribution in [-0.4, -0.2) is 88.4 Å². The summed E-state index contributed by atoms with van der Waals surface area (Å²) in [5, 5.41) is 21.2. The normalized spacial score (nSPS) is 16.5. The summed E-state index contributed by atoms with van der Waals surface area (Å²) in [5.41, 5.74) is 4.23. The van der Waals surface area contributed by atoms with Crippen LogP contribution in [0.15, 0.2) is 73.3 Å². The van der Waals surface area contributed by atoms with E-state index in [4.69, 9.17) is 24.4 Å². The largest absolute Gasteiger partial charge is 0.490 e. The van der Waals surface area contributed by atoms with Crippen LogP contribution in [0.1, 0.15) is 57.6 Å². The molecule has 2 aliphatic rings. The molecule has 4 heterocycles. The fourth-order valence-electron chi connectivity index (χ4n) is 5.86. The molecule has 0 spiro atoms. The average molecular weight is 733 g/mol. The van der Waals surface area contributed by atoms with Gasteiger partial charge in [0.15, 0.2) is 0 Å². The monoisotopic (exact) mass is 732 g/mol. The van der Waals surface area contributed by atoms with Crippen LogP contribution in [0.25, 0.3) is 22.3 Å². The number of nitrogens with zero attached hydrogens (tertiary/aromatic N) is 3. The molecule has 12 heteroatoms. The first-order valence-corrected chi connectivity index (χ1v) is 18.2. The molecule has 2 fully saturated rings. The van der Waals surface area contributed by atoms with E-state index >= 15 is 0 Å². The van der Waals surface area contributed by atoms with Crippen molar-refractivity contribution in [2.45, 2.75) is 77.0 Å². The molecule has 3 N–H and O–H groups in total. The van der Waals surface area contributed by atoms with Crippen molar-refractivity contribution in [3.8, 4) is 33.8 Å². The van der Waals surface area contributed by atoms with Crippen LogP contribution in [0.5, 0.6) is 11.5 Å². The number of aliphatic hydroxyl groups excluding tert-OH is 2. The summed E-state index contributed by atoms with van der Waals surface area (Å²) in [6.07, 6.45) is 10.8. The number of aliphatic hydroxyl groups is 2. The third kappa shape index (κ3) is 12.2. The first-order valence-electron chi connectivity index (χ1n) is 18.2. The van der Waals surface area contributed by atoms with Crippen LogP contribution in [0.4, 0.5) is 13.6 Å². The van der Waals surface area contributed by atoms with E-state index in [0.717, 1.165) is 47.2 Å². The fourth-order valence-corrected chi connectivity index (χ4v) is 5.86. The van der Waals surface area contributed by atoms with Gasteiger partial charge in [0.05, 0.1) is 18.4 Å². The zero-order valence-corrected chi connectivity index (χ0v) is 30.7. The summed E-state index contributed by atoms with van der Waals surface area (Å²) in [6.45, 7) is 8.36. The zero-order chi connectivity index (χ0) is 37.8. The topological polar surface area (TPSA) is 126 Å². The molecule has 2 aromatic carbocycles. The Morgan fingerprint density at radius 3 is 1.74 bits per heavy atom. The minimum absolute atomic E-state index is 0.0391. The summed E-state index contributed by atoms with van der Waals surface area (Å²) >= 11 is 0. The highest BCUT2D eigenvalue weighted by Gasteiger charge is 2.35. The molecule has 0 aliphatic carbocycles. The lowest BCUT2D eigenvalue weighted by Crippen LogP contribution is -2.55. The number of carbonyl (C=O) groups is 1. The molecule has 10 nitrogen and oxygen atoms in total. The molecule has 0 saturated carbocycles. The first-order chi connectivity index (χ1) is 25.5. The zero-order valence-electron chi connectivity index (χ0n) is 30.7. The molecule has 2 aliphatic heterocycles. The summed E-state index contributed by atoms with van der Waals surface area (Å²) < 4.78 is 44.9. The van der Waals surface area contributed by atoms with E-state index in [9.17, 15) is 13.6 Å². The Hall–Kier alpha value is -4.65. The number of likely N-dealkylation sites (tertiary alicyclic amines) is 1. The van der Waals surface area contributed by atoms with Gasteiger partial charge in [0.25, 0.3) is 0 Å². The highest BCUT2D eigenvalue weighted by atomic mass is 19.1. The van der Waals surface area contributed by atoms with Gasteiger partial charge in [-0.2, -0.15) is 0 Å². The van der Waals surface area contributed by atoms with Gasteiger partial charge in [-0.25, -0.2) is 13.6 Å². The molecule has 2 aromatic heterocycles. The van der Waals surface area contributed by atoms with Gasteiger partial charge in [0.1, 0.15) is 41.9 Å². The lowest BCUT2D eigenvalue weighted by Gasteiger charge is -2.40. The summed E-state index contributed by atoms with van der Waals surface area (Å²) in [5.74, 6) is 0.650. The summed E-state index contributed by atoms with van der Waals surface area (Å²) in [7, 11) is 0. The molecule has 0 unspecified atom stereocenters. The quantitative estimate of drug-likeness (QED) is 0.129. The second-order valence-corrected chi connectivity index (χ2v) is 14.3. The van der Waals surface area contributed by atoms with Gasteiger partial charge in [-0.1, -0.05) is 12.1 Å². The van der Waals surface area contributed by atoms with Gasteiger partial charge in [-0.05, 0) is 124 Å². The van der Waals surface area contributed by atoms with Gasteiger partial charge in [-0.3, -0.25) is 9.97 Å². The number of nitrogens with one attached hydrogen (secondary N) is 1. The van der Waals surface area contributed by atoms with Gasteiger partial charge in [0, 0.05) is 49.3 Å². The molecule has 1 amide bonds. The predicted molar refractivity (Wildman–Crippen MR) is 199 cm³/mol. The molecule has 284 valence electrons. The third-order valence-electron chi connectivity index (χ3n) is 8.85.